The number of nitrogens with one attached hydrogen (secondary N) is 1. The van der Waals surface area contributed by atoms with Gasteiger partial charge in [-0.2, -0.15) is 0 Å². The summed E-state index contributed by atoms with van der Waals surface area (Å²) in [6.07, 6.45) is 2.43. The Kier molecular flexibility index (Phi) is 3.97. The van der Waals surface area contributed by atoms with Crippen LogP contribution in [0.3, 0.4) is 0 Å². The molecular formula is C12H21N3S. The molecule has 0 aromatic carbocycles. The van der Waals surface area contributed by atoms with Crippen LogP contribution in [0.2, 0.25) is 0 Å². The second kappa shape index (κ2) is 5.27. The third kappa shape index (κ3) is 2.83. The molecule has 16 heavy (non-hydrogen) atoms. The quantitative estimate of drug-likeness (QED) is 0.831. The monoisotopic (exact) mass is 239 g/mol. The molecule has 1 atom stereocenters. The maximum atomic E-state index is 5.95. The van der Waals surface area contributed by atoms with Crippen molar-refractivity contribution in [3.63, 3.8) is 0 Å². The molecule has 3 N–H and O–H groups in total. The highest BCUT2D eigenvalue weighted by Crippen LogP contribution is 2.20. The van der Waals surface area contributed by atoms with Crippen LogP contribution in [0.1, 0.15) is 17.7 Å². The molecule has 3 nitrogen and oxygen atoms in total. The number of thiophene rings is 1. The number of nitrogens with zero attached hydrogens (tertiary/aromatic N) is 1. The number of likely N-dealkylation sites (tertiary alicyclic amines) is 1. The van der Waals surface area contributed by atoms with Crippen LogP contribution in [0, 0.1) is 0 Å². The highest BCUT2D eigenvalue weighted by atomic mass is 32.1. The van der Waals surface area contributed by atoms with Gasteiger partial charge in [-0.3, -0.25) is 0 Å². The van der Waals surface area contributed by atoms with Crippen LogP contribution in [-0.4, -0.2) is 37.1 Å². The lowest BCUT2D eigenvalue weighted by molar-refractivity contribution is 0.148. The highest BCUT2D eigenvalue weighted by Gasteiger charge is 2.32. The van der Waals surface area contributed by atoms with Gasteiger partial charge in [0, 0.05) is 30.1 Å². The average Bonchev–Trinajstić information content (AvgIpc) is 2.79. The van der Waals surface area contributed by atoms with E-state index in [0.29, 0.717) is 0 Å². The minimum absolute atomic E-state index is 0.122. The summed E-state index contributed by atoms with van der Waals surface area (Å²) in [6.45, 7) is 3.93. The second-order valence-electron chi connectivity index (χ2n) is 4.76. The fraction of sp³-hybridized carbons (Fsp3) is 0.667. The average molecular weight is 239 g/mol. The Balaban J connectivity index is 1.93. The number of hydrogen-bond donors (Lipinski definition) is 2. The molecule has 0 saturated carbocycles. The number of hydrogen-bond acceptors (Lipinski definition) is 4. The minimum Gasteiger partial charge on any atom is -0.329 e. The van der Waals surface area contributed by atoms with Gasteiger partial charge in [-0.25, -0.2) is 0 Å². The summed E-state index contributed by atoms with van der Waals surface area (Å²) in [5.41, 5.74) is 6.08. The van der Waals surface area contributed by atoms with Crippen molar-refractivity contribution < 1.29 is 0 Å². The zero-order chi connectivity index (χ0) is 11.4. The van der Waals surface area contributed by atoms with Crippen molar-refractivity contribution in [3.8, 4) is 0 Å². The van der Waals surface area contributed by atoms with Gasteiger partial charge in [0.1, 0.15) is 0 Å². The molecule has 1 unspecified atom stereocenters. The van der Waals surface area contributed by atoms with Gasteiger partial charge in [0.15, 0.2) is 0 Å². The molecule has 1 aromatic heterocycles. The maximum Gasteiger partial charge on any atom is 0.0435 e. The molecule has 4 heteroatoms. The first-order valence-electron chi connectivity index (χ1n) is 5.90. The van der Waals surface area contributed by atoms with E-state index in [-0.39, 0.29) is 5.54 Å². The first-order chi connectivity index (χ1) is 7.74. The smallest absolute Gasteiger partial charge is 0.0435 e. The Morgan fingerprint density at radius 1 is 1.62 bits per heavy atom. The molecule has 1 aromatic rings. The molecule has 1 aliphatic rings. The van der Waals surface area contributed by atoms with Crippen molar-refractivity contribution in [1.29, 1.82) is 0 Å². The summed E-state index contributed by atoms with van der Waals surface area (Å²) in [5, 5.41) is 5.79. The fourth-order valence-corrected chi connectivity index (χ4v) is 3.08. The number of likely N-dealkylation sites (N-methyl/N-ethyl adjacent to an activating group) is 1. The van der Waals surface area contributed by atoms with Gasteiger partial charge in [0.2, 0.25) is 0 Å². The van der Waals surface area contributed by atoms with Crippen molar-refractivity contribution in [3.05, 3.63) is 22.4 Å². The molecular weight excluding hydrogens is 218 g/mol. The number of rotatable bonds is 4. The van der Waals surface area contributed by atoms with E-state index >= 15 is 0 Å². The normalized spacial score (nSPS) is 27.1. The third-order valence-electron chi connectivity index (χ3n) is 3.38. The van der Waals surface area contributed by atoms with Crippen molar-refractivity contribution in [2.45, 2.75) is 24.9 Å². The van der Waals surface area contributed by atoms with Gasteiger partial charge in [0.05, 0.1) is 0 Å². The van der Waals surface area contributed by atoms with Gasteiger partial charge in [0.25, 0.3) is 0 Å². The lowest BCUT2D eigenvalue weighted by Gasteiger charge is -2.41. The summed E-state index contributed by atoms with van der Waals surface area (Å²) in [5.74, 6) is 0. The summed E-state index contributed by atoms with van der Waals surface area (Å²) in [6, 6.07) is 4.28. The Morgan fingerprint density at radius 3 is 3.12 bits per heavy atom. The predicted octanol–water partition coefficient (Wildman–Crippen LogP) is 1.26. The van der Waals surface area contributed by atoms with E-state index in [0.717, 1.165) is 19.6 Å². The molecule has 0 bridgehead atoms. The number of nitrogens with two attached hydrogens (primary N) is 1. The van der Waals surface area contributed by atoms with Crippen molar-refractivity contribution >= 4 is 11.3 Å². The van der Waals surface area contributed by atoms with Crippen LogP contribution < -0.4 is 11.1 Å². The van der Waals surface area contributed by atoms with Crippen LogP contribution in [0.5, 0.6) is 0 Å². The topological polar surface area (TPSA) is 41.3 Å². The van der Waals surface area contributed by atoms with Gasteiger partial charge in [-0.05, 0) is 37.9 Å². The molecule has 0 aliphatic carbocycles. The molecule has 0 spiro atoms. The summed E-state index contributed by atoms with van der Waals surface area (Å²) < 4.78 is 0. The third-order valence-corrected chi connectivity index (χ3v) is 4.25. The Morgan fingerprint density at radius 2 is 2.50 bits per heavy atom. The van der Waals surface area contributed by atoms with Gasteiger partial charge in [-0.15, -0.1) is 11.3 Å². The molecule has 1 fully saturated rings. The SMILES string of the molecule is CN1CCCC(CN)(NCc2cccs2)C1. The lowest BCUT2D eigenvalue weighted by atomic mass is 9.89. The summed E-state index contributed by atoms with van der Waals surface area (Å²) in [4.78, 5) is 3.76. The van der Waals surface area contributed by atoms with Crippen LogP contribution in [-0.2, 0) is 6.54 Å². The number of piperidine rings is 1. The van der Waals surface area contributed by atoms with Crippen LogP contribution >= 0.6 is 11.3 Å². The minimum atomic E-state index is 0.122. The van der Waals surface area contributed by atoms with Crippen LogP contribution in [0.4, 0.5) is 0 Å². The first kappa shape index (κ1) is 12.0. The predicted molar refractivity (Wildman–Crippen MR) is 69.7 cm³/mol. The Labute approximate surface area is 102 Å². The standard InChI is InChI=1S/C12H21N3S/c1-15-6-3-5-12(9-13,10-15)14-8-11-4-2-7-16-11/h2,4,7,14H,3,5-6,8-10,13H2,1H3. The maximum absolute atomic E-state index is 5.95. The van der Waals surface area contributed by atoms with E-state index in [2.05, 4.69) is 34.8 Å². The second-order valence-corrected chi connectivity index (χ2v) is 5.79. The molecule has 1 saturated heterocycles. The molecule has 90 valence electrons. The highest BCUT2D eigenvalue weighted by molar-refractivity contribution is 7.09. The zero-order valence-corrected chi connectivity index (χ0v) is 10.7. The molecule has 2 heterocycles. The van der Waals surface area contributed by atoms with Gasteiger partial charge in [-0.1, -0.05) is 6.07 Å². The largest absolute Gasteiger partial charge is 0.329 e. The van der Waals surface area contributed by atoms with Crippen molar-refractivity contribution in [1.82, 2.24) is 10.2 Å². The van der Waals surface area contributed by atoms with Crippen LogP contribution in [0.25, 0.3) is 0 Å². The first-order valence-corrected chi connectivity index (χ1v) is 6.78. The molecule has 0 amide bonds. The van der Waals surface area contributed by atoms with E-state index < -0.39 is 0 Å². The summed E-state index contributed by atoms with van der Waals surface area (Å²) >= 11 is 1.80. The van der Waals surface area contributed by atoms with Gasteiger partial charge >= 0.3 is 0 Å². The van der Waals surface area contributed by atoms with E-state index in [1.807, 2.05) is 0 Å². The van der Waals surface area contributed by atoms with E-state index in [1.54, 1.807) is 11.3 Å². The van der Waals surface area contributed by atoms with Crippen molar-refractivity contribution in [2.75, 3.05) is 26.7 Å². The Bertz CT molecular complexity index is 312. The van der Waals surface area contributed by atoms with Gasteiger partial charge < -0.3 is 16.0 Å². The van der Waals surface area contributed by atoms with E-state index in [1.165, 1.54) is 24.3 Å². The molecule has 1 aliphatic heterocycles. The lowest BCUT2D eigenvalue weighted by Crippen LogP contribution is -2.59. The van der Waals surface area contributed by atoms with Crippen LogP contribution in [0.15, 0.2) is 17.5 Å². The molecule has 0 radical (unpaired) electrons. The van der Waals surface area contributed by atoms with Crippen molar-refractivity contribution in [2.24, 2.45) is 5.73 Å². The Hall–Kier alpha value is -0.420. The summed E-state index contributed by atoms with van der Waals surface area (Å²) in [7, 11) is 2.18. The molecule has 2 rings (SSSR count). The van der Waals surface area contributed by atoms with E-state index in [9.17, 15) is 0 Å². The van der Waals surface area contributed by atoms with E-state index in [4.69, 9.17) is 5.73 Å². The zero-order valence-electron chi connectivity index (χ0n) is 9.91. The fourth-order valence-electron chi connectivity index (χ4n) is 2.43.